The summed E-state index contributed by atoms with van der Waals surface area (Å²) in [5.41, 5.74) is 10.0. The molecule has 1 aliphatic rings. The number of nitrogens with two attached hydrogens (primary N) is 1. The number of anilines is 1. The summed E-state index contributed by atoms with van der Waals surface area (Å²) < 4.78 is 7.14. The standard InChI is InChI=1S/C22H22N4O3/c1-13-5-3-4-6-18(13)26-22-21(14(2)25-26)17(11-20(28)24-22)15-7-9-16(10-8-15)29-12-19(23)27/h3-10,17H,11-12H2,1-2H3,(H2,23,27)(H,24,28)/t17-/m0/s1. The number of aryl methyl sites for hydroxylation is 2. The zero-order chi connectivity index (χ0) is 20.5. The largest absolute Gasteiger partial charge is 0.484 e. The van der Waals surface area contributed by atoms with Gasteiger partial charge in [-0.2, -0.15) is 5.10 Å². The van der Waals surface area contributed by atoms with Crippen LogP contribution in [0.25, 0.3) is 5.69 Å². The second-order valence-electron chi connectivity index (χ2n) is 7.17. The van der Waals surface area contributed by atoms with E-state index in [1.807, 2.05) is 54.9 Å². The number of rotatable bonds is 5. The number of fused-ring (bicyclic) bond motifs is 1. The number of aromatic nitrogens is 2. The first-order valence-corrected chi connectivity index (χ1v) is 9.40. The molecule has 1 atom stereocenters. The highest BCUT2D eigenvalue weighted by Gasteiger charge is 2.32. The average molecular weight is 390 g/mol. The molecule has 7 nitrogen and oxygen atoms in total. The molecule has 2 amide bonds. The van der Waals surface area contributed by atoms with Gasteiger partial charge < -0.3 is 15.8 Å². The Morgan fingerprint density at radius 1 is 1.21 bits per heavy atom. The van der Waals surface area contributed by atoms with Crippen molar-refractivity contribution in [2.45, 2.75) is 26.2 Å². The number of hydrogen-bond donors (Lipinski definition) is 2. The van der Waals surface area contributed by atoms with Gasteiger partial charge in [0.05, 0.1) is 11.4 Å². The van der Waals surface area contributed by atoms with Crippen LogP contribution in [0.1, 0.15) is 34.7 Å². The smallest absolute Gasteiger partial charge is 0.255 e. The van der Waals surface area contributed by atoms with E-state index in [-0.39, 0.29) is 18.4 Å². The number of amides is 2. The minimum atomic E-state index is -0.526. The normalized spacial score (nSPS) is 15.5. The maximum atomic E-state index is 12.5. The van der Waals surface area contributed by atoms with Crippen molar-refractivity contribution in [1.29, 1.82) is 0 Å². The molecule has 0 radical (unpaired) electrons. The van der Waals surface area contributed by atoms with Crippen molar-refractivity contribution in [2.24, 2.45) is 5.73 Å². The summed E-state index contributed by atoms with van der Waals surface area (Å²) in [5.74, 6) is 0.586. The number of carbonyl (C=O) groups is 2. The summed E-state index contributed by atoms with van der Waals surface area (Å²) >= 11 is 0. The van der Waals surface area contributed by atoms with Crippen molar-refractivity contribution in [3.05, 3.63) is 70.9 Å². The lowest BCUT2D eigenvalue weighted by Crippen LogP contribution is -2.25. The van der Waals surface area contributed by atoms with Gasteiger partial charge in [0, 0.05) is 17.9 Å². The molecule has 29 heavy (non-hydrogen) atoms. The van der Waals surface area contributed by atoms with E-state index in [1.165, 1.54) is 0 Å². The van der Waals surface area contributed by atoms with Crippen LogP contribution in [0.4, 0.5) is 5.82 Å². The first-order chi connectivity index (χ1) is 13.9. The Hall–Kier alpha value is -3.61. The molecule has 3 aromatic rings. The third-order valence-corrected chi connectivity index (χ3v) is 5.11. The molecule has 0 bridgehead atoms. The first kappa shape index (κ1) is 18.7. The molecule has 0 spiro atoms. The molecule has 0 saturated carbocycles. The Labute approximate surface area is 168 Å². The van der Waals surface area contributed by atoms with Crippen LogP contribution in [0, 0.1) is 13.8 Å². The molecule has 2 heterocycles. The van der Waals surface area contributed by atoms with Crippen LogP contribution in [-0.4, -0.2) is 28.2 Å². The molecular formula is C22H22N4O3. The number of nitrogens with one attached hydrogen (secondary N) is 1. The number of primary amides is 1. The molecule has 4 rings (SSSR count). The molecule has 0 aliphatic carbocycles. The lowest BCUT2D eigenvalue weighted by molar-refractivity contribution is -0.120. The monoisotopic (exact) mass is 390 g/mol. The van der Waals surface area contributed by atoms with E-state index < -0.39 is 5.91 Å². The van der Waals surface area contributed by atoms with E-state index in [9.17, 15) is 9.59 Å². The zero-order valence-corrected chi connectivity index (χ0v) is 16.3. The maximum absolute atomic E-state index is 12.5. The fraction of sp³-hybridized carbons (Fsp3) is 0.227. The van der Waals surface area contributed by atoms with Gasteiger partial charge >= 0.3 is 0 Å². The maximum Gasteiger partial charge on any atom is 0.255 e. The highest BCUT2D eigenvalue weighted by Crippen LogP contribution is 2.40. The molecule has 0 saturated heterocycles. The van der Waals surface area contributed by atoms with Crippen LogP contribution in [0.3, 0.4) is 0 Å². The van der Waals surface area contributed by atoms with Gasteiger partial charge in [0.2, 0.25) is 5.91 Å². The number of para-hydroxylation sites is 1. The van der Waals surface area contributed by atoms with E-state index in [2.05, 4.69) is 5.32 Å². The molecule has 0 unspecified atom stereocenters. The zero-order valence-electron chi connectivity index (χ0n) is 16.3. The number of benzene rings is 2. The van der Waals surface area contributed by atoms with Crippen molar-refractivity contribution < 1.29 is 14.3 Å². The molecule has 3 N–H and O–H groups in total. The highest BCUT2D eigenvalue weighted by atomic mass is 16.5. The van der Waals surface area contributed by atoms with E-state index >= 15 is 0 Å². The second-order valence-corrected chi connectivity index (χ2v) is 7.17. The van der Waals surface area contributed by atoms with Gasteiger partial charge in [0.1, 0.15) is 11.6 Å². The Balaban J connectivity index is 1.73. The van der Waals surface area contributed by atoms with Gasteiger partial charge in [-0.05, 0) is 43.2 Å². The van der Waals surface area contributed by atoms with Crippen LogP contribution in [-0.2, 0) is 9.59 Å². The molecule has 7 heteroatoms. The fourth-order valence-corrected chi connectivity index (χ4v) is 3.76. The van der Waals surface area contributed by atoms with Crippen LogP contribution in [0.2, 0.25) is 0 Å². The van der Waals surface area contributed by atoms with Gasteiger partial charge in [-0.15, -0.1) is 0 Å². The summed E-state index contributed by atoms with van der Waals surface area (Å²) in [5, 5.41) is 7.73. The summed E-state index contributed by atoms with van der Waals surface area (Å²) in [7, 11) is 0. The van der Waals surface area contributed by atoms with Gasteiger partial charge in [0.25, 0.3) is 5.91 Å². The first-order valence-electron chi connectivity index (χ1n) is 9.40. The van der Waals surface area contributed by atoms with Gasteiger partial charge in [0.15, 0.2) is 6.61 Å². The van der Waals surface area contributed by atoms with E-state index in [1.54, 1.807) is 12.1 Å². The van der Waals surface area contributed by atoms with Crippen molar-refractivity contribution >= 4 is 17.6 Å². The number of ether oxygens (including phenoxy) is 1. The van der Waals surface area contributed by atoms with Crippen molar-refractivity contribution in [3.8, 4) is 11.4 Å². The average Bonchev–Trinajstić information content (AvgIpc) is 3.02. The van der Waals surface area contributed by atoms with Crippen molar-refractivity contribution in [1.82, 2.24) is 9.78 Å². The van der Waals surface area contributed by atoms with Crippen molar-refractivity contribution in [3.63, 3.8) is 0 Å². The highest BCUT2D eigenvalue weighted by molar-refractivity contribution is 5.95. The minimum absolute atomic E-state index is 0.0497. The Morgan fingerprint density at radius 3 is 2.62 bits per heavy atom. The number of hydrogen-bond acceptors (Lipinski definition) is 4. The Morgan fingerprint density at radius 2 is 1.93 bits per heavy atom. The predicted octanol–water partition coefficient (Wildman–Crippen LogP) is 2.83. The van der Waals surface area contributed by atoms with Gasteiger partial charge in [-0.1, -0.05) is 30.3 Å². The van der Waals surface area contributed by atoms with E-state index in [0.717, 1.165) is 28.1 Å². The van der Waals surface area contributed by atoms with Crippen LogP contribution >= 0.6 is 0 Å². The third kappa shape index (κ3) is 3.59. The SMILES string of the molecule is Cc1ccccc1-n1nc(C)c2c1NC(=O)C[C@H]2c1ccc(OCC(N)=O)cc1. The Bertz CT molecular complexity index is 1090. The molecule has 148 valence electrons. The summed E-state index contributed by atoms with van der Waals surface area (Å²) in [6, 6.07) is 15.3. The topological polar surface area (TPSA) is 99.2 Å². The fourth-order valence-electron chi connectivity index (χ4n) is 3.76. The predicted molar refractivity (Wildman–Crippen MR) is 109 cm³/mol. The van der Waals surface area contributed by atoms with E-state index in [0.29, 0.717) is 18.0 Å². The van der Waals surface area contributed by atoms with Crippen LogP contribution in [0.15, 0.2) is 48.5 Å². The Kier molecular flexibility index (Phi) is 4.80. The number of carbonyl (C=O) groups excluding carboxylic acids is 2. The van der Waals surface area contributed by atoms with E-state index in [4.69, 9.17) is 15.6 Å². The third-order valence-electron chi connectivity index (χ3n) is 5.11. The molecule has 0 fully saturated rings. The minimum Gasteiger partial charge on any atom is -0.484 e. The van der Waals surface area contributed by atoms with Gasteiger partial charge in [-0.25, -0.2) is 4.68 Å². The van der Waals surface area contributed by atoms with Gasteiger partial charge in [-0.3, -0.25) is 9.59 Å². The summed E-state index contributed by atoms with van der Waals surface area (Å²) in [6.45, 7) is 3.81. The molecule has 1 aromatic heterocycles. The molecule has 1 aliphatic heterocycles. The van der Waals surface area contributed by atoms with Crippen LogP contribution in [0.5, 0.6) is 5.75 Å². The van der Waals surface area contributed by atoms with Crippen molar-refractivity contribution in [2.75, 3.05) is 11.9 Å². The quantitative estimate of drug-likeness (QED) is 0.700. The number of nitrogens with zero attached hydrogens (tertiary/aromatic N) is 2. The lowest BCUT2D eigenvalue weighted by atomic mass is 9.86. The lowest BCUT2D eigenvalue weighted by Gasteiger charge is -2.24. The van der Waals surface area contributed by atoms with Crippen LogP contribution < -0.4 is 15.8 Å². The second kappa shape index (κ2) is 7.43. The summed E-state index contributed by atoms with van der Waals surface area (Å²) in [4.78, 5) is 23.4. The molecular weight excluding hydrogens is 368 g/mol. The molecule has 2 aromatic carbocycles. The summed E-state index contributed by atoms with van der Waals surface area (Å²) in [6.07, 6.45) is 0.342.